The highest BCUT2D eigenvalue weighted by molar-refractivity contribution is 5.72. The zero-order valence-electron chi connectivity index (χ0n) is 13.5. The van der Waals surface area contributed by atoms with Crippen LogP contribution in [0.25, 0.3) is 0 Å². The van der Waals surface area contributed by atoms with Crippen molar-refractivity contribution < 1.29 is 23.7 Å². The number of epoxide rings is 1. The van der Waals surface area contributed by atoms with Crippen molar-refractivity contribution in [3.63, 3.8) is 0 Å². The van der Waals surface area contributed by atoms with Crippen molar-refractivity contribution in [1.29, 1.82) is 0 Å². The number of ether oxygens (including phenoxy) is 4. The van der Waals surface area contributed by atoms with E-state index in [4.69, 9.17) is 18.9 Å². The van der Waals surface area contributed by atoms with Crippen molar-refractivity contribution >= 4 is 5.97 Å². The molecule has 8 atom stereocenters. The number of hydrogen-bond donors (Lipinski definition) is 0. The van der Waals surface area contributed by atoms with Gasteiger partial charge in [0.15, 0.2) is 6.29 Å². The van der Waals surface area contributed by atoms with Crippen molar-refractivity contribution in [3.8, 4) is 0 Å². The standard InChI is InChI=1S/C18H26O5/c19-17(11-2-1-10-5-13(10)6-11)20-8-14-9-21-18(22-14)12-3-4-15-16(7-12)23-15/h10-16,18H,1-9H2. The van der Waals surface area contributed by atoms with Crippen LogP contribution in [0, 0.1) is 23.7 Å². The van der Waals surface area contributed by atoms with Gasteiger partial charge in [-0.3, -0.25) is 4.79 Å². The van der Waals surface area contributed by atoms with Crippen LogP contribution < -0.4 is 0 Å². The van der Waals surface area contributed by atoms with Crippen LogP contribution in [0.4, 0.5) is 0 Å². The molecule has 5 heteroatoms. The predicted octanol–water partition coefficient (Wildman–Crippen LogP) is 2.27. The summed E-state index contributed by atoms with van der Waals surface area (Å²) >= 11 is 0. The smallest absolute Gasteiger partial charge is 0.309 e. The predicted molar refractivity (Wildman–Crippen MR) is 80.5 cm³/mol. The van der Waals surface area contributed by atoms with Gasteiger partial charge in [-0.1, -0.05) is 0 Å². The van der Waals surface area contributed by atoms with E-state index in [1.807, 2.05) is 0 Å². The maximum Gasteiger partial charge on any atom is 0.309 e. The number of hydrogen-bond acceptors (Lipinski definition) is 5. The van der Waals surface area contributed by atoms with E-state index in [9.17, 15) is 4.79 Å². The van der Waals surface area contributed by atoms with Gasteiger partial charge in [-0.2, -0.15) is 0 Å². The molecule has 0 aromatic carbocycles. The fourth-order valence-corrected chi connectivity index (χ4v) is 4.85. The van der Waals surface area contributed by atoms with Crippen LogP contribution in [-0.4, -0.2) is 43.8 Å². The molecule has 0 aromatic rings. The van der Waals surface area contributed by atoms with Crippen molar-refractivity contribution in [3.05, 3.63) is 0 Å². The molecule has 5 rings (SSSR count). The molecule has 2 heterocycles. The maximum atomic E-state index is 12.2. The minimum absolute atomic E-state index is 0.0192. The lowest BCUT2D eigenvalue weighted by molar-refractivity contribution is -0.155. The molecule has 0 bridgehead atoms. The monoisotopic (exact) mass is 322 g/mol. The summed E-state index contributed by atoms with van der Waals surface area (Å²) in [4.78, 5) is 12.2. The van der Waals surface area contributed by atoms with Crippen LogP contribution in [0.2, 0.25) is 0 Å². The molecule has 2 aliphatic heterocycles. The van der Waals surface area contributed by atoms with Crippen LogP contribution in [0.5, 0.6) is 0 Å². The molecule has 128 valence electrons. The second kappa shape index (κ2) is 5.71. The van der Waals surface area contributed by atoms with Gasteiger partial charge in [0.2, 0.25) is 0 Å². The van der Waals surface area contributed by atoms with Crippen LogP contribution in [0.1, 0.15) is 44.9 Å². The first-order valence-electron chi connectivity index (χ1n) is 9.35. The Bertz CT molecular complexity index is 480. The molecule has 2 saturated heterocycles. The Morgan fingerprint density at radius 2 is 1.83 bits per heavy atom. The molecule has 5 fully saturated rings. The third-order valence-corrected chi connectivity index (χ3v) is 6.49. The fourth-order valence-electron chi connectivity index (χ4n) is 4.85. The molecule has 8 unspecified atom stereocenters. The average molecular weight is 322 g/mol. The van der Waals surface area contributed by atoms with Crippen LogP contribution in [0.3, 0.4) is 0 Å². The second-order valence-corrected chi connectivity index (χ2v) is 8.14. The summed E-state index contributed by atoms with van der Waals surface area (Å²) < 4.78 is 22.9. The molecule has 5 aliphatic rings. The molecule has 0 aromatic heterocycles. The quantitative estimate of drug-likeness (QED) is 0.587. The lowest BCUT2D eigenvalue weighted by Gasteiger charge is -2.24. The minimum atomic E-state index is -0.134. The Kier molecular flexibility index (Phi) is 3.64. The Morgan fingerprint density at radius 1 is 0.913 bits per heavy atom. The summed E-state index contributed by atoms with van der Waals surface area (Å²) in [6, 6.07) is 0. The van der Waals surface area contributed by atoms with Gasteiger partial charge in [-0.05, 0) is 56.8 Å². The Labute approximate surface area is 137 Å². The summed E-state index contributed by atoms with van der Waals surface area (Å²) in [6.45, 7) is 0.883. The SMILES string of the molecule is O=C(OCC1COC(C2CCC3OC3C2)O1)C1CCC2CC2C1. The fraction of sp³-hybridized carbons (Fsp3) is 0.944. The van der Waals surface area contributed by atoms with E-state index in [1.165, 1.54) is 12.8 Å². The highest BCUT2D eigenvalue weighted by Crippen LogP contribution is 2.51. The van der Waals surface area contributed by atoms with E-state index in [-0.39, 0.29) is 24.3 Å². The first-order valence-corrected chi connectivity index (χ1v) is 9.35. The number of carbonyl (C=O) groups excluding carboxylic acids is 1. The largest absolute Gasteiger partial charge is 0.463 e. The van der Waals surface area contributed by atoms with E-state index in [0.29, 0.717) is 31.3 Å². The molecule has 23 heavy (non-hydrogen) atoms. The maximum absolute atomic E-state index is 12.2. The van der Waals surface area contributed by atoms with Gasteiger partial charge < -0.3 is 18.9 Å². The molecule has 0 spiro atoms. The molecule has 3 saturated carbocycles. The minimum Gasteiger partial charge on any atom is -0.463 e. The highest BCUT2D eigenvalue weighted by Gasteiger charge is 2.48. The molecule has 5 nitrogen and oxygen atoms in total. The summed E-state index contributed by atoms with van der Waals surface area (Å²) in [5.41, 5.74) is 0. The summed E-state index contributed by atoms with van der Waals surface area (Å²) in [7, 11) is 0. The average Bonchev–Trinajstić information content (AvgIpc) is 3.47. The van der Waals surface area contributed by atoms with E-state index in [2.05, 4.69) is 0 Å². The summed E-state index contributed by atoms with van der Waals surface area (Å²) in [5.74, 6) is 2.26. The molecule has 3 aliphatic carbocycles. The number of esters is 1. The van der Waals surface area contributed by atoms with Crippen molar-refractivity contribution in [2.24, 2.45) is 23.7 Å². The van der Waals surface area contributed by atoms with Gasteiger partial charge in [-0.25, -0.2) is 0 Å². The van der Waals surface area contributed by atoms with Gasteiger partial charge >= 0.3 is 5.97 Å². The van der Waals surface area contributed by atoms with Crippen molar-refractivity contribution in [2.45, 2.75) is 69.5 Å². The third-order valence-electron chi connectivity index (χ3n) is 6.49. The van der Waals surface area contributed by atoms with E-state index in [1.54, 1.807) is 0 Å². The van der Waals surface area contributed by atoms with Crippen LogP contribution >= 0.6 is 0 Å². The van der Waals surface area contributed by atoms with Crippen LogP contribution in [-0.2, 0) is 23.7 Å². The lowest BCUT2D eigenvalue weighted by atomic mass is 9.89. The van der Waals surface area contributed by atoms with Gasteiger partial charge in [0, 0.05) is 5.92 Å². The van der Waals surface area contributed by atoms with Crippen molar-refractivity contribution in [1.82, 2.24) is 0 Å². The van der Waals surface area contributed by atoms with Crippen LogP contribution in [0.15, 0.2) is 0 Å². The summed E-state index contributed by atoms with van der Waals surface area (Å²) in [6.07, 6.45) is 8.59. The first-order chi connectivity index (χ1) is 11.3. The highest BCUT2D eigenvalue weighted by atomic mass is 16.7. The van der Waals surface area contributed by atoms with Gasteiger partial charge in [0.1, 0.15) is 12.7 Å². The molecule has 0 radical (unpaired) electrons. The molecule has 0 amide bonds. The van der Waals surface area contributed by atoms with E-state index < -0.39 is 0 Å². The number of carbonyl (C=O) groups is 1. The van der Waals surface area contributed by atoms with E-state index >= 15 is 0 Å². The normalized spacial score (nSPS) is 50.8. The molecule has 0 N–H and O–H groups in total. The Balaban J connectivity index is 1.06. The van der Waals surface area contributed by atoms with Gasteiger partial charge in [0.25, 0.3) is 0 Å². The second-order valence-electron chi connectivity index (χ2n) is 8.14. The zero-order valence-corrected chi connectivity index (χ0v) is 13.5. The van der Waals surface area contributed by atoms with Crippen molar-refractivity contribution in [2.75, 3.05) is 13.2 Å². The summed E-state index contributed by atoms with van der Waals surface area (Å²) in [5, 5.41) is 0. The van der Waals surface area contributed by atoms with Gasteiger partial charge in [0.05, 0.1) is 24.7 Å². The Morgan fingerprint density at radius 3 is 2.70 bits per heavy atom. The van der Waals surface area contributed by atoms with E-state index in [0.717, 1.165) is 43.9 Å². The zero-order chi connectivity index (χ0) is 15.4. The first kappa shape index (κ1) is 14.7. The third kappa shape index (κ3) is 3.03. The molecular formula is C18H26O5. The number of rotatable bonds is 4. The van der Waals surface area contributed by atoms with Gasteiger partial charge in [-0.15, -0.1) is 0 Å². The molecular weight excluding hydrogens is 296 g/mol. The Hall–Kier alpha value is -0.650. The number of fused-ring (bicyclic) bond motifs is 2. The lowest BCUT2D eigenvalue weighted by Crippen LogP contribution is -2.29. The topological polar surface area (TPSA) is 57.3 Å².